The highest BCUT2D eigenvalue weighted by atomic mass is 16.5. The molecule has 35 heavy (non-hydrogen) atoms. The van der Waals surface area contributed by atoms with Gasteiger partial charge >= 0.3 is 0 Å². The van der Waals surface area contributed by atoms with E-state index >= 15 is 0 Å². The second-order valence-corrected chi connectivity index (χ2v) is 10.9. The number of furan rings is 1. The highest BCUT2D eigenvalue weighted by Crippen LogP contribution is 2.54. The standard InChI is InChI=1S/C33H24O2/c1-17-14-22-23-15-25(18-8-6-5-7-9-18)34-32(23)24-16-26(35-33(2,3)4)21-13-11-19-10-12-20(17)28-27(19)29(21)31(24)30(22)28/h5-16H,1-4H3. The van der Waals surface area contributed by atoms with E-state index in [9.17, 15) is 0 Å². The van der Waals surface area contributed by atoms with Crippen molar-refractivity contribution in [1.29, 1.82) is 0 Å². The number of hydrogen-bond donors (Lipinski definition) is 0. The third-order valence-corrected chi connectivity index (χ3v) is 7.54. The molecule has 0 unspecified atom stereocenters. The molecule has 0 aliphatic heterocycles. The highest BCUT2D eigenvalue weighted by molar-refractivity contribution is 6.48. The first-order valence-corrected chi connectivity index (χ1v) is 12.3. The summed E-state index contributed by atoms with van der Waals surface area (Å²) in [6.07, 6.45) is 0. The molecule has 2 nitrogen and oxygen atoms in total. The smallest absolute Gasteiger partial charge is 0.143 e. The average molecular weight is 453 g/mol. The Hall–Kier alpha value is -4.04. The van der Waals surface area contributed by atoms with Crippen molar-refractivity contribution in [2.75, 3.05) is 0 Å². The summed E-state index contributed by atoms with van der Waals surface area (Å²) < 4.78 is 13.2. The molecule has 0 fully saturated rings. The van der Waals surface area contributed by atoms with Crippen LogP contribution in [0.5, 0.6) is 5.75 Å². The van der Waals surface area contributed by atoms with Crippen molar-refractivity contribution in [2.24, 2.45) is 0 Å². The quantitative estimate of drug-likeness (QED) is 0.244. The van der Waals surface area contributed by atoms with Crippen molar-refractivity contribution in [3.63, 3.8) is 0 Å². The van der Waals surface area contributed by atoms with E-state index < -0.39 is 0 Å². The van der Waals surface area contributed by atoms with Crippen molar-refractivity contribution < 1.29 is 9.15 Å². The van der Waals surface area contributed by atoms with Gasteiger partial charge in [-0.15, -0.1) is 0 Å². The molecule has 0 N–H and O–H groups in total. The lowest BCUT2D eigenvalue weighted by Gasteiger charge is -2.23. The molecule has 1 aromatic heterocycles. The van der Waals surface area contributed by atoms with Crippen LogP contribution in [-0.2, 0) is 0 Å². The fourth-order valence-corrected chi connectivity index (χ4v) is 6.25. The zero-order chi connectivity index (χ0) is 23.6. The van der Waals surface area contributed by atoms with E-state index in [1.807, 2.05) is 6.07 Å². The first-order valence-electron chi connectivity index (χ1n) is 12.3. The summed E-state index contributed by atoms with van der Waals surface area (Å²) in [6.45, 7) is 8.56. The van der Waals surface area contributed by atoms with Crippen molar-refractivity contribution in [1.82, 2.24) is 0 Å². The van der Waals surface area contributed by atoms with Crippen LogP contribution in [0.25, 0.3) is 76.2 Å². The zero-order valence-corrected chi connectivity index (χ0v) is 20.2. The molecule has 7 aromatic carbocycles. The fourth-order valence-electron chi connectivity index (χ4n) is 6.25. The molecule has 0 atom stereocenters. The Morgan fingerprint density at radius 2 is 1.31 bits per heavy atom. The Labute approximate surface area is 202 Å². The number of benzene rings is 6. The van der Waals surface area contributed by atoms with Crippen LogP contribution in [0.15, 0.2) is 77.2 Å². The molecule has 168 valence electrons. The monoisotopic (exact) mass is 452 g/mol. The predicted octanol–water partition coefficient (Wildman–Crippen LogP) is 9.66. The normalized spacial score (nSPS) is 13.1. The van der Waals surface area contributed by atoms with Gasteiger partial charge in [0.05, 0.1) is 0 Å². The van der Waals surface area contributed by atoms with Crippen molar-refractivity contribution >= 4 is 64.8 Å². The van der Waals surface area contributed by atoms with Crippen molar-refractivity contribution in [2.45, 2.75) is 33.3 Å². The van der Waals surface area contributed by atoms with E-state index in [0.717, 1.165) is 28.0 Å². The minimum absolute atomic E-state index is 0.305. The van der Waals surface area contributed by atoms with E-state index in [-0.39, 0.29) is 5.60 Å². The van der Waals surface area contributed by atoms with Gasteiger partial charge < -0.3 is 9.15 Å². The van der Waals surface area contributed by atoms with Gasteiger partial charge in [-0.05, 0) is 83.8 Å². The SMILES string of the molecule is Cc1cc2c3cc(-c4ccccc4)oc3c3cc(OC(C)(C)C)c4ccc5ccc1c1c5c4c3c21. The fraction of sp³-hybridized carbons (Fsp3) is 0.152. The maximum Gasteiger partial charge on any atom is 0.143 e. The maximum absolute atomic E-state index is 6.67. The van der Waals surface area contributed by atoms with Gasteiger partial charge in [-0.25, -0.2) is 0 Å². The minimum atomic E-state index is -0.305. The summed E-state index contributed by atoms with van der Waals surface area (Å²) in [5.74, 6) is 1.82. The summed E-state index contributed by atoms with van der Waals surface area (Å²) in [6, 6.07) is 26.2. The highest BCUT2D eigenvalue weighted by Gasteiger charge is 2.27. The van der Waals surface area contributed by atoms with E-state index in [1.54, 1.807) is 0 Å². The summed E-state index contributed by atoms with van der Waals surface area (Å²) in [5.41, 5.74) is 3.03. The van der Waals surface area contributed by atoms with Crippen LogP contribution in [-0.4, -0.2) is 5.60 Å². The molecule has 0 aliphatic rings. The van der Waals surface area contributed by atoms with E-state index in [0.29, 0.717) is 0 Å². The van der Waals surface area contributed by atoms with Crippen LogP contribution in [0.3, 0.4) is 0 Å². The lowest BCUT2D eigenvalue weighted by molar-refractivity contribution is 0.133. The largest absolute Gasteiger partial charge is 0.487 e. The Balaban J connectivity index is 1.67. The van der Waals surface area contributed by atoms with E-state index in [2.05, 4.69) is 94.4 Å². The Bertz CT molecular complexity index is 2050. The summed E-state index contributed by atoms with van der Waals surface area (Å²) in [7, 11) is 0. The Morgan fingerprint density at radius 1 is 0.629 bits per heavy atom. The summed E-state index contributed by atoms with van der Waals surface area (Å²) in [4.78, 5) is 0. The van der Waals surface area contributed by atoms with Gasteiger partial charge in [-0.3, -0.25) is 0 Å². The van der Waals surface area contributed by atoms with Crippen molar-refractivity contribution in [3.8, 4) is 17.1 Å². The minimum Gasteiger partial charge on any atom is -0.487 e. The number of hydrogen-bond acceptors (Lipinski definition) is 2. The number of aryl methyl sites for hydroxylation is 1. The van der Waals surface area contributed by atoms with Gasteiger partial charge in [0.25, 0.3) is 0 Å². The molecule has 1 heterocycles. The molecule has 0 saturated carbocycles. The number of rotatable bonds is 2. The molecule has 0 bridgehead atoms. The first-order chi connectivity index (χ1) is 16.9. The van der Waals surface area contributed by atoms with Crippen LogP contribution >= 0.6 is 0 Å². The topological polar surface area (TPSA) is 22.4 Å². The Kier molecular flexibility index (Phi) is 3.38. The van der Waals surface area contributed by atoms with Crippen LogP contribution in [0.1, 0.15) is 26.3 Å². The van der Waals surface area contributed by atoms with Gasteiger partial charge in [0.15, 0.2) is 0 Å². The molecular formula is C33H24O2. The lowest BCUT2D eigenvalue weighted by atomic mass is 9.94. The zero-order valence-electron chi connectivity index (χ0n) is 20.2. The van der Waals surface area contributed by atoms with Crippen LogP contribution in [0.2, 0.25) is 0 Å². The molecule has 2 heteroatoms. The molecule has 0 spiro atoms. The second kappa shape index (κ2) is 6.14. The van der Waals surface area contributed by atoms with Gasteiger partial charge in [0.1, 0.15) is 22.7 Å². The van der Waals surface area contributed by atoms with Gasteiger partial charge in [-0.1, -0.05) is 54.6 Å². The van der Waals surface area contributed by atoms with Crippen molar-refractivity contribution in [3.05, 3.63) is 78.4 Å². The number of fused-ring (bicyclic) bond motifs is 3. The van der Waals surface area contributed by atoms with Crippen LogP contribution in [0.4, 0.5) is 0 Å². The van der Waals surface area contributed by atoms with Gasteiger partial charge in [-0.2, -0.15) is 0 Å². The summed E-state index contributed by atoms with van der Waals surface area (Å²) >= 11 is 0. The average Bonchev–Trinajstić information content (AvgIpc) is 3.44. The molecule has 0 amide bonds. The molecule has 0 radical (unpaired) electrons. The Morgan fingerprint density at radius 3 is 2.09 bits per heavy atom. The van der Waals surface area contributed by atoms with E-state index in [4.69, 9.17) is 9.15 Å². The lowest BCUT2D eigenvalue weighted by Crippen LogP contribution is -2.23. The third kappa shape index (κ3) is 2.39. The van der Waals surface area contributed by atoms with Crippen LogP contribution in [0, 0.1) is 6.92 Å². The molecular weight excluding hydrogens is 428 g/mol. The third-order valence-electron chi connectivity index (χ3n) is 7.54. The molecule has 8 rings (SSSR count). The molecule has 8 aromatic rings. The van der Waals surface area contributed by atoms with Gasteiger partial charge in [0, 0.05) is 32.5 Å². The predicted molar refractivity (Wildman–Crippen MR) is 148 cm³/mol. The number of ether oxygens (including phenoxy) is 1. The summed E-state index contributed by atoms with van der Waals surface area (Å²) in [5, 5.41) is 14.1. The molecule has 0 saturated heterocycles. The second-order valence-electron chi connectivity index (χ2n) is 10.9. The first kappa shape index (κ1) is 19.3. The maximum atomic E-state index is 6.67. The van der Waals surface area contributed by atoms with Crippen LogP contribution < -0.4 is 4.74 Å². The van der Waals surface area contributed by atoms with Gasteiger partial charge in [0.2, 0.25) is 0 Å². The van der Waals surface area contributed by atoms with E-state index in [1.165, 1.54) is 59.4 Å². The molecule has 0 aliphatic carbocycles.